The first-order valence-electron chi connectivity index (χ1n) is 9.67. The third-order valence-electron chi connectivity index (χ3n) is 4.28. The molecule has 3 rings (SSSR count). The first-order valence-corrected chi connectivity index (χ1v) is 10.5. The number of nitrogens with one attached hydrogen (secondary N) is 1. The highest BCUT2D eigenvalue weighted by Crippen LogP contribution is 2.37. The smallest absolute Gasteiger partial charge is 0.271 e. The molecule has 6 nitrogen and oxygen atoms in total. The second-order valence-electron chi connectivity index (χ2n) is 6.57. The van der Waals surface area contributed by atoms with Crippen LogP contribution in [0.5, 0.6) is 11.5 Å². The third-order valence-corrected chi connectivity index (χ3v) is 4.87. The molecule has 0 aliphatic carbocycles. The number of nitriles is 1. The summed E-state index contributed by atoms with van der Waals surface area (Å²) in [6, 6.07) is 17.9. The van der Waals surface area contributed by atoms with E-state index in [4.69, 9.17) is 14.7 Å². The molecule has 8 heteroatoms. The van der Waals surface area contributed by atoms with E-state index < -0.39 is 11.7 Å². The van der Waals surface area contributed by atoms with Crippen molar-refractivity contribution in [1.82, 2.24) is 5.43 Å². The van der Waals surface area contributed by atoms with Gasteiger partial charge in [0.1, 0.15) is 12.4 Å². The highest BCUT2D eigenvalue weighted by atomic mass is 79.9. The van der Waals surface area contributed by atoms with E-state index in [1.165, 1.54) is 30.5 Å². The van der Waals surface area contributed by atoms with E-state index in [2.05, 4.69) is 32.5 Å². The van der Waals surface area contributed by atoms with Crippen LogP contribution in [0.1, 0.15) is 34.0 Å². The molecular weight excluding hydrogens is 477 g/mol. The molecule has 0 bridgehead atoms. The lowest BCUT2D eigenvalue weighted by molar-refractivity contribution is 0.0955. The Labute approximate surface area is 193 Å². The van der Waals surface area contributed by atoms with E-state index in [9.17, 15) is 9.18 Å². The average molecular weight is 496 g/mol. The molecule has 0 fully saturated rings. The minimum Gasteiger partial charge on any atom is -0.490 e. The molecule has 1 N–H and O–H groups in total. The van der Waals surface area contributed by atoms with Crippen LogP contribution in [0.4, 0.5) is 4.39 Å². The van der Waals surface area contributed by atoms with Crippen LogP contribution in [-0.2, 0) is 6.61 Å². The van der Waals surface area contributed by atoms with Gasteiger partial charge in [0.2, 0.25) is 0 Å². The molecule has 0 aliphatic heterocycles. The summed E-state index contributed by atoms with van der Waals surface area (Å²) in [6.07, 6.45) is 1.47. The number of hydrogen-bond acceptors (Lipinski definition) is 5. The summed E-state index contributed by atoms with van der Waals surface area (Å²) in [6.45, 7) is 2.59. The summed E-state index contributed by atoms with van der Waals surface area (Å²) in [5.41, 5.74) is 4.87. The van der Waals surface area contributed by atoms with Gasteiger partial charge in [0.25, 0.3) is 5.91 Å². The molecule has 0 aliphatic rings. The molecule has 3 aromatic carbocycles. The van der Waals surface area contributed by atoms with Crippen molar-refractivity contribution in [2.45, 2.75) is 13.5 Å². The zero-order valence-electron chi connectivity index (χ0n) is 17.1. The van der Waals surface area contributed by atoms with Gasteiger partial charge in [0.05, 0.1) is 28.9 Å². The van der Waals surface area contributed by atoms with Crippen molar-refractivity contribution < 1.29 is 18.7 Å². The summed E-state index contributed by atoms with van der Waals surface area (Å²) in [4.78, 5) is 12.1. The second kappa shape index (κ2) is 11.1. The van der Waals surface area contributed by atoms with Gasteiger partial charge in [-0.3, -0.25) is 4.79 Å². The Morgan fingerprint density at radius 2 is 1.88 bits per heavy atom. The fraction of sp³-hybridized carbons (Fsp3) is 0.125. The van der Waals surface area contributed by atoms with E-state index in [1.807, 2.05) is 19.1 Å². The minimum atomic E-state index is -0.451. The number of carbonyl (C=O) groups excluding carboxylic acids is 1. The fourth-order valence-electron chi connectivity index (χ4n) is 2.73. The monoisotopic (exact) mass is 495 g/mol. The maximum Gasteiger partial charge on any atom is 0.271 e. The molecule has 0 spiro atoms. The molecule has 0 unspecified atom stereocenters. The van der Waals surface area contributed by atoms with Crippen molar-refractivity contribution in [3.8, 4) is 17.6 Å². The number of halogens is 2. The molecule has 0 radical (unpaired) electrons. The van der Waals surface area contributed by atoms with Gasteiger partial charge in [-0.05, 0) is 82.5 Å². The van der Waals surface area contributed by atoms with Gasteiger partial charge in [0.15, 0.2) is 11.5 Å². The quantitative estimate of drug-likeness (QED) is 0.343. The normalized spacial score (nSPS) is 10.6. The van der Waals surface area contributed by atoms with Gasteiger partial charge in [0, 0.05) is 5.56 Å². The molecule has 0 saturated heterocycles. The van der Waals surface area contributed by atoms with Crippen molar-refractivity contribution in [3.05, 3.63) is 93.2 Å². The van der Waals surface area contributed by atoms with E-state index in [-0.39, 0.29) is 0 Å². The van der Waals surface area contributed by atoms with Crippen LogP contribution in [0.3, 0.4) is 0 Å². The lowest BCUT2D eigenvalue weighted by Crippen LogP contribution is -2.17. The molecule has 0 heterocycles. The summed E-state index contributed by atoms with van der Waals surface area (Å²) in [7, 11) is 0. The Bertz CT molecular complexity index is 1160. The average Bonchev–Trinajstić information content (AvgIpc) is 2.79. The van der Waals surface area contributed by atoms with Crippen molar-refractivity contribution in [3.63, 3.8) is 0 Å². The predicted octanol–water partition coefficient (Wildman–Crippen LogP) is 5.20. The van der Waals surface area contributed by atoms with Crippen molar-refractivity contribution in [2.24, 2.45) is 5.10 Å². The first kappa shape index (κ1) is 23.0. The Kier molecular flexibility index (Phi) is 7.95. The third kappa shape index (κ3) is 6.15. The zero-order chi connectivity index (χ0) is 22.9. The maximum atomic E-state index is 13.0. The van der Waals surface area contributed by atoms with Crippen LogP contribution in [0, 0.1) is 17.1 Å². The summed E-state index contributed by atoms with van der Waals surface area (Å²) in [5, 5.41) is 12.9. The number of hydrazone groups is 1. The number of amides is 1. The van der Waals surface area contributed by atoms with Crippen LogP contribution in [0.15, 0.2) is 70.2 Å². The summed E-state index contributed by atoms with van der Waals surface area (Å²) < 4.78 is 25.3. The molecule has 162 valence electrons. The molecule has 0 saturated carbocycles. The van der Waals surface area contributed by atoms with Crippen LogP contribution in [-0.4, -0.2) is 18.7 Å². The van der Waals surface area contributed by atoms with Gasteiger partial charge in [-0.2, -0.15) is 10.4 Å². The highest BCUT2D eigenvalue weighted by Gasteiger charge is 2.12. The van der Waals surface area contributed by atoms with Gasteiger partial charge in [-0.25, -0.2) is 9.82 Å². The largest absolute Gasteiger partial charge is 0.490 e. The number of nitrogens with zero attached hydrogens (tertiary/aromatic N) is 2. The van der Waals surface area contributed by atoms with E-state index in [0.717, 1.165) is 5.56 Å². The molecule has 0 atom stereocenters. The van der Waals surface area contributed by atoms with Crippen molar-refractivity contribution >= 4 is 28.1 Å². The van der Waals surface area contributed by atoms with Crippen LogP contribution in [0.2, 0.25) is 0 Å². The van der Waals surface area contributed by atoms with Gasteiger partial charge >= 0.3 is 0 Å². The number of carbonyl (C=O) groups is 1. The zero-order valence-corrected chi connectivity index (χ0v) is 18.7. The number of hydrogen-bond donors (Lipinski definition) is 1. The molecule has 32 heavy (non-hydrogen) atoms. The van der Waals surface area contributed by atoms with E-state index in [0.29, 0.717) is 45.9 Å². The van der Waals surface area contributed by atoms with E-state index in [1.54, 1.807) is 24.3 Å². The second-order valence-corrected chi connectivity index (χ2v) is 7.42. The van der Waals surface area contributed by atoms with Crippen LogP contribution in [0.25, 0.3) is 0 Å². The van der Waals surface area contributed by atoms with Gasteiger partial charge in [-0.1, -0.05) is 12.1 Å². The Morgan fingerprint density at radius 3 is 2.53 bits per heavy atom. The lowest BCUT2D eigenvalue weighted by atomic mass is 10.1. The topological polar surface area (TPSA) is 83.7 Å². The van der Waals surface area contributed by atoms with Gasteiger partial charge < -0.3 is 9.47 Å². The highest BCUT2D eigenvalue weighted by molar-refractivity contribution is 9.10. The summed E-state index contributed by atoms with van der Waals surface area (Å²) >= 11 is 3.50. The summed E-state index contributed by atoms with van der Waals surface area (Å²) in [5.74, 6) is 0.179. The Morgan fingerprint density at radius 1 is 1.16 bits per heavy atom. The number of benzene rings is 3. The first-order chi connectivity index (χ1) is 15.5. The van der Waals surface area contributed by atoms with Crippen LogP contribution < -0.4 is 14.9 Å². The predicted molar refractivity (Wildman–Crippen MR) is 122 cm³/mol. The molecular formula is C24H19BrFN3O3. The Hall–Kier alpha value is -3.70. The van der Waals surface area contributed by atoms with Crippen molar-refractivity contribution in [1.29, 1.82) is 5.26 Å². The van der Waals surface area contributed by atoms with Crippen molar-refractivity contribution in [2.75, 3.05) is 6.61 Å². The van der Waals surface area contributed by atoms with Crippen LogP contribution >= 0.6 is 15.9 Å². The number of ether oxygens (including phenoxy) is 2. The minimum absolute atomic E-state index is 0.297. The molecule has 0 aromatic heterocycles. The fourth-order valence-corrected chi connectivity index (χ4v) is 3.30. The van der Waals surface area contributed by atoms with E-state index >= 15 is 0 Å². The Balaban J connectivity index is 1.71. The molecule has 3 aromatic rings. The van der Waals surface area contributed by atoms with Gasteiger partial charge in [-0.15, -0.1) is 0 Å². The maximum absolute atomic E-state index is 13.0. The SMILES string of the molecule is CCOc1cc(/C=N\NC(=O)c2ccc(F)cc2)cc(Br)c1OCc1ccc(C#N)cc1. The lowest BCUT2D eigenvalue weighted by Gasteiger charge is -2.14. The number of rotatable bonds is 8. The molecule has 1 amide bonds. The standard InChI is InChI=1S/C24H19BrFN3O3/c1-2-31-22-12-18(14-28-29-24(30)19-7-9-20(26)10-8-19)11-21(25)23(22)32-15-17-5-3-16(13-27)4-6-17/h3-12,14H,2,15H2,1H3,(H,29,30)/b28-14-.